The van der Waals surface area contributed by atoms with E-state index >= 15 is 0 Å². The summed E-state index contributed by atoms with van der Waals surface area (Å²) in [5.41, 5.74) is 4.36. The molecule has 1 aliphatic heterocycles. The number of anilines is 1. The molecule has 0 amide bonds. The normalized spacial score (nSPS) is 16.2. The molecule has 1 aromatic heterocycles. The van der Waals surface area contributed by atoms with Crippen LogP contribution in [0.15, 0.2) is 24.3 Å². The Hall–Kier alpha value is -1.89. The first kappa shape index (κ1) is 17.9. The first-order valence-electron chi connectivity index (χ1n) is 8.86. The second-order valence-electron chi connectivity index (χ2n) is 6.67. The number of benzene rings is 1. The van der Waals surface area contributed by atoms with Gasteiger partial charge in [0.15, 0.2) is 0 Å². The fraction of sp³-hybridized carbons (Fsp3) is 0.526. The van der Waals surface area contributed by atoms with E-state index in [4.69, 9.17) is 4.74 Å². The third kappa shape index (κ3) is 4.21. The minimum absolute atomic E-state index is 0.510. The lowest BCUT2D eigenvalue weighted by Crippen LogP contribution is -2.38. The first-order valence-corrected chi connectivity index (χ1v) is 8.86. The molecule has 1 atom stereocenters. The number of rotatable bonds is 6. The Balaban J connectivity index is 1.63. The average molecular weight is 344 g/mol. The number of aromatic nitrogens is 2. The highest BCUT2D eigenvalue weighted by molar-refractivity contribution is 5.50. The number of ether oxygens (including phenoxy) is 1. The number of nitrogens with one attached hydrogen (secondary N) is 1. The van der Waals surface area contributed by atoms with Gasteiger partial charge in [-0.2, -0.15) is 5.10 Å². The molecule has 0 unspecified atom stereocenters. The van der Waals surface area contributed by atoms with Crippen molar-refractivity contribution < 1.29 is 9.84 Å². The van der Waals surface area contributed by atoms with Gasteiger partial charge >= 0.3 is 0 Å². The summed E-state index contributed by atoms with van der Waals surface area (Å²) >= 11 is 0. The third-order valence-electron chi connectivity index (χ3n) is 4.73. The molecule has 0 bridgehead atoms. The van der Waals surface area contributed by atoms with Crippen LogP contribution in [0.25, 0.3) is 0 Å². The Morgan fingerprint density at radius 3 is 2.56 bits per heavy atom. The van der Waals surface area contributed by atoms with Crippen LogP contribution in [-0.2, 0) is 18.3 Å². The van der Waals surface area contributed by atoms with Crippen molar-refractivity contribution in [3.63, 3.8) is 0 Å². The van der Waals surface area contributed by atoms with Crippen LogP contribution in [0.4, 0.5) is 5.82 Å². The van der Waals surface area contributed by atoms with Gasteiger partial charge in [-0.1, -0.05) is 29.8 Å². The molecule has 25 heavy (non-hydrogen) atoms. The number of morpholine rings is 1. The van der Waals surface area contributed by atoms with Crippen LogP contribution in [0.3, 0.4) is 0 Å². The zero-order valence-electron chi connectivity index (χ0n) is 15.3. The van der Waals surface area contributed by atoms with E-state index in [1.165, 1.54) is 11.1 Å². The largest absolute Gasteiger partial charge is 0.387 e. The number of hydrogen-bond acceptors (Lipinski definition) is 5. The van der Waals surface area contributed by atoms with Crippen LogP contribution in [0, 0.1) is 13.8 Å². The van der Waals surface area contributed by atoms with Gasteiger partial charge in [-0.25, -0.2) is 0 Å². The lowest BCUT2D eigenvalue weighted by atomic mass is 10.1. The smallest absolute Gasteiger partial charge is 0.131 e. The Bertz CT molecular complexity index is 690. The second-order valence-corrected chi connectivity index (χ2v) is 6.67. The van der Waals surface area contributed by atoms with E-state index in [9.17, 15) is 5.11 Å². The van der Waals surface area contributed by atoms with E-state index in [0.29, 0.717) is 13.1 Å². The maximum absolute atomic E-state index is 10.4. The summed E-state index contributed by atoms with van der Waals surface area (Å²) < 4.78 is 7.41. The molecule has 2 heterocycles. The van der Waals surface area contributed by atoms with Crippen LogP contribution in [0.2, 0.25) is 0 Å². The molecule has 2 N–H and O–H groups in total. The van der Waals surface area contributed by atoms with Gasteiger partial charge in [0.1, 0.15) is 5.82 Å². The Labute approximate surface area is 149 Å². The van der Waals surface area contributed by atoms with Crippen molar-refractivity contribution in [2.75, 3.05) is 37.7 Å². The van der Waals surface area contributed by atoms with Crippen LogP contribution in [0.5, 0.6) is 0 Å². The van der Waals surface area contributed by atoms with Crippen molar-refractivity contribution in [1.82, 2.24) is 15.1 Å². The van der Waals surface area contributed by atoms with E-state index < -0.39 is 6.10 Å². The van der Waals surface area contributed by atoms with Crippen LogP contribution >= 0.6 is 0 Å². The molecule has 1 aromatic carbocycles. The molecule has 1 aliphatic rings. The standard InChI is InChI=1S/C19H28N4O2/c1-14-4-6-16(7-5-14)18(24)13-20-12-17-15(2)21-22(3)19(17)23-8-10-25-11-9-23/h4-7,18,20,24H,8-13H2,1-3H3/t18-/m1/s1. The topological polar surface area (TPSA) is 62.5 Å². The van der Waals surface area contributed by atoms with Gasteiger partial charge in [0, 0.05) is 38.8 Å². The maximum Gasteiger partial charge on any atom is 0.131 e. The Morgan fingerprint density at radius 2 is 1.88 bits per heavy atom. The Morgan fingerprint density at radius 1 is 1.20 bits per heavy atom. The van der Waals surface area contributed by atoms with E-state index in [0.717, 1.165) is 43.4 Å². The maximum atomic E-state index is 10.4. The van der Waals surface area contributed by atoms with E-state index in [2.05, 4.69) is 15.3 Å². The van der Waals surface area contributed by atoms with E-state index in [1.807, 2.05) is 49.8 Å². The van der Waals surface area contributed by atoms with E-state index in [1.54, 1.807) is 0 Å². The molecule has 6 nitrogen and oxygen atoms in total. The van der Waals surface area contributed by atoms with Gasteiger partial charge < -0.3 is 20.1 Å². The molecular weight excluding hydrogens is 316 g/mol. The SMILES string of the molecule is Cc1ccc([C@H](O)CNCc2c(C)nn(C)c2N2CCOCC2)cc1. The number of aliphatic hydroxyl groups excluding tert-OH is 1. The van der Waals surface area contributed by atoms with Crippen molar-refractivity contribution in [3.8, 4) is 0 Å². The highest BCUT2D eigenvalue weighted by Crippen LogP contribution is 2.24. The minimum Gasteiger partial charge on any atom is -0.387 e. The highest BCUT2D eigenvalue weighted by atomic mass is 16.5. The number of hydrogen-bond donors (Lipinski definition) is 2. The van der Waals surface area contributed by atoms with Gasteiger partial charge in [-0.05, 0) is 19.4 Å². The molecule has 1 fully saturated rings. The predicted octanol–water partition coefficient (Wildman–Crippen LogP) is 1.70. The van der Waals surface area contributed by atoms with Gasteiger partial charge in [-0.15, -0.1) is 0 Å². The van der Waals surface area contributed by atoms with Crippen LogP contribution in [-0.4, -0.2) is 47.7 Å². The quantitative estimate of drug-likeness (QED) is 0.835. The Kier molecular flexibility index (Phi) is 5.73. The van der Waals surface area contributed by atoms with Gasteiger partial charge in [0.05, 0.1) is 25.0 Å². The monoisotopic (exact) mass is 344 g/mol. The van der Waals surface area contributed by atoms with Crippen molar-refractivity contribution in [2.45, 2.75) is 26.5 Å². The lowest BCUT2D eigenvalue weighted by Gasteiger charge is -2.29. The summed E-state index contributed by atoms with van der Waals surface area (Å²) in [6.45, 7) is 8.57. The zero-order chi connectivity index (χ0) is 17.8. The summed E-state index contributed by atoms with van der Waals surface area (Å²) in [4.78, 5) is 2.33. The van der Waals surface area contributed by atoms with Crippen LogP contribution in [0.1, 0.15) is 28.5 Å². The molecule has 0 saturated carbocycles. The molecule has 136 valence electrons. The number of aliphatic hydroxyl groups is 1. The molecule has 0 spiro atoms. The molecule has 0 aliphatic carbocycles. The van der Waals surface area contributed by atoms with Crippen molar-refractivity contribution in [3.05, 3.63) is 46.6 Å². The van der Waals surface area contributed by atoms with Gasteiger partial charge in [-0.3, -0.25) is 4.68 Å². The molecule has 3 rings (SSSR count). The summed E-state index contributed by atoms with van der Waals surface area (Å²) in [7, 11) is 1.99. The van der Waals surface area contributed by atoms with Gasteiger partial charge in [0.2, 0.25) is 0 Å². The van der Waals surface area contributed by atoms with Crippen molar-refractivity contribution >= 4 is 5.82 Å². The molecule has 1 saturated heterocycles. The van der Waals surface area contributed by atoms with E-state index in [-0.39, 0.29) is 0 Å². The third-order valence-corrected chi connectivity index (χ3v) is 4.73. The molecule has 2 aromatic rings. The molecular formula is C19H28N4O2. The first-order chi connectivity index (χ1) is 12.1. The number of aryl methyl sites for hydroxylation is 3. The zero-order valence-corrected chi connectivity index (χ0v) is 15.3. The fourth-order valence-electron chi connectivity index (χ4n) is 3.31. The van der Waals surface area contributed by atoms with Crippen molar-refractivity contribution in [2.24, 2.45) is 7.05 Å². The summed E-state index contributed by atoms with van der Waals surface area (Å²) in [5.74, 6) is 1.15. The minimum atomic E-state index is -0.510. The fourth-order valence-corrected chi connectivity index (χ4v) is 3.31. The molecule has 0 radical (unpaired) electrons. The highest BCUT2D eigenvalue weighted by Gasteiger charge is 2.21. The molecule has 6 heteroatoms. The second kappa shape index (κ2) is 7.99. The predicted molar refractivity (Wildman–Crippen MR) is 98.8 cm³/mol. The lowest BCUT2D eigenvalue weighted by molar-refractivity contribution is 0.122. The summed E-state index contributed by atoms with van der Waals surface area (Å²) in [5, 5.41) is 18.3. The summed E-state index contributed by atoms with van der Waals surface area (Å²) in [6, 6.07) is 8.02. The summed E-state index contributed by atoms with van der Waals surface area (Å²) in [6.07, 6.45) is -0.510. The average Bonchev–Trinajstić information content (AvgIpc) is 2.89. The van der Waals surface area contributed by atoms with Crippen LogP contribution < -0.4 is 10.2 Å². The van der Waals surface area contributed by atoms with Gasteiger partial charge in [0.25, 0.3) is 0 Å². The van der Waals surface area contributed by atoms with Crippen molar-refractivity contribution in [1.29, 1.82) is 0 Å². The number of nitrogens with zero attached hydrogens (tertiary/aromatic N) is 3.